The van der Waals surface area contributed by atoms with Crippen LogP contribution in [0.15, 0.2) is 77.4 Å². The fraction of sp³-hybridized carbons (Fsp3) is 0.241. The second kappa shape index (κ2) is 12.0. The first kappa shape index (κ1) is 27.7. The van der Waals surface area contributed by atoms with Crippen molar-refractivity contribution in [2.24, 2.45) is 5.10 Å². The standard InChI is InChI=1S/C29H26F3IN2O3/c1-3-5-14-38-27-24(33)16-19(17-25(27)37-4-2)15-23-26(20-10-7-6-8-11-20)34-35(28(23)36)22-13-9-12-21(18-22)29(30,31)32/h6-13,15-18H,3-5,14H2,1-2H3/b23-15-. The number of amides is 1. The number of hydrogen-bond donors (Lipinski definition) is 0. The van der Waals surface area contributed by atoms with Crippen LogP contribution >= 0.6 is 22.6 Å². The number of ether oxygens (including phenoxy) is 2. The first-order valence-corrected chi connectivity index (χ1v) is 13.3. The Morgan fingerprint density at radius 2 is 1.76 bits per heavy atom. The average Bonchev–Trinajstić information content (AvgIpc) is 3.21. The number of nitrogens with zero attached hydrogens (tertiary/aromatic N) is 2. The van der Waals surface area contributed by atoms with E-state index >= 15 is 0 Å². The van der Waals surface area contributed by atoms with Gasteiger partial charge in [0.2, 0.25) is 0 Å². The van der Waals surface area contributed by atoms with E-state index in [-0.39, 0.29) is 11.3 Å². The third-order valence-electron chi connectivity index (χ3n) is 5.73. The van der Waals surface area contributed by atoms with Gasteiger partial charge in [-0.25, -0.2) is 0 Å². The van der Waals surface area contributed by atoms with Crippen molar-refractivity contribution in [1.29, 1.82) is 0 Å². The van der Waals surface area contributed by atoms with E-state index < -0.39 is 17.6 Å². The third-order valence-corrected chi connectivity index (χ3v) is 6.53. The van der Waals surface area contributed by atoms with Gasteiger partial charge >= 0.3 is 6.18 Å². The Bertz CT molecular complexity index is 1370. The molecule has 5 nitrogen and oxygen atoms in total. The number of alkyl halides is 3. The maximum atomic E-state index is 13.6. The van der Waals surface area contributed by atoms with Gasteiger partial charge in [-0.3, -0.25) is 4.79 Å². The molecule has 1 aliphatic heterocycles. The molecule has 3 aromatic carbocycles. The van der Waals surface area contributed by atoms with Gasteiger partial charge in [0.25, 0.3) is 5.91 Å². The summed E-state index contributed by atoms with van der Waals surface area (Å²) in [5, 5.41) is 5.48. The highest BCUT2D eigenvalue weighted by Gasteiger charge is 2.35. The molecule has 0 spiro atoms. The van der Waals surface area contributed by atoms with Crippen molar-refractivity contribution < 1.29 is 27.4 Å². The fourth-order valence-electron chi connectivity index (χ4n) is 3.90. The van der Waals surface area contributed by atoms with Crippen molar-refractivity contribution in [1.82, 2.24) is 0 Å². The largest absolute Gasteiger partial charge is 0.490 e. The molecule has 0 N–H and O–H groups in total. The van der Waals surface area contributed by atoms with E-state index in [0.29, 0.717) is 41.6 Å². The van der Waals surface area contributed by atoms with Crippen molar-refractivity contribution in [3.8, 4) is 11.5 Å². The molecule has 9 heteroatoms. The number of hydrazone groups is 1. The molecule has 0 unspecified atom stereocenters. The topological polar surface area (TPSA) is 51.1 Å². The number of halogens is 4. The fourth-order valence-corrected chi connectivity index (χ4v) is 4.68. The van der Waals surface area contributed by atoms with Crippen LogP contribution in [0, 0.1) is 3.57 Å². The number of rotatable bonds is 9. The Morgan fingerprint density at radius 1 is 1.00 bits per heavy atom. The molecule has 1 heterocycles. The molecule has 0 saturated heterocycles. The lowest BCUT2D eigenvalue weighted by Crippen LogP contribution is -2.22. The van der Waals surface area contributed by atoms with Crippen LogP contribution in [0.4, 0.5) is 18.9 Å². The molecule has 3 aromatic rings. The molecule has 1 aliphatic rings. The predicted molar refractivity (Wildman–Crippen MR) is 151 cm³/mol. The van der Waals surface area contributed by atoms with E-state index in [1.54, 1.807) is 24.3 Å². The highest BCUT2D eigenvalue weighted by atomic mass is 127. The van der Waals surface area contributed by atoms with Gasteiger partial charge in [-0.1, -0.05) is 49.7 Å². The Kier molecular flexibility index (Phi) is 8.76. The number of benzene rings is 3. The van der Waals surface area contributed by atoms with Crippen LogP contribution in [-0.2, 0) is 11.0 Å². The molecule has 0 bridgehead atoms. The number of carbonyl (C=O) groups is 1. The van der Waals surface area contributed by atoms with Gasteiger partial charge in [0.1, 0.15) is 5.71 Å². The summed E-state index contributed by atoms with van der Waals surface area (Å²) < 4.78 is 52.7. The van der Waals surface area contributed by atoms with Gasteiger partial charge in [0, 0.05) is 5.56 Å². The quantitative estimate of drug-likeness (QED) is 0.138. The molecule has 0 aromatic heterocycles. The number of anilines is 1. The normalized spacial score (nSPS) is 14.7. The van der Waals surface area contributed by atoms with E-state index in [2.05, 4.69) is 34.6 Å². The monoisotopic (exact) mass is 634 g/mol. The van der Waals surface area contributed by atoms with Gasteiger partial charge in [-0.15, -0.1) is 0 Å². The van der Waals surface area contributed by atoms with Crippen molar-refractivity contribution in [2.45, 2.75) is 32.9 Å². The Morgan fingerprint density at radius 3 is 2.45 bits per heavy atom. The van der Waals surface area contributed by atoms with Gasteiger partial charge < -0.3 is 9.47 Å². The van der Waals surface area contributed by atoms with E-state index in [1.165, 1.54) is 12.1 Å². The molecule has 0 fully saturated rings. The van der Waals surface area contributed by atoms with E-state index in [9.17, 15) is 18.0 Å². The summed E-state index contributed by atoms with van der Waals surface area (Å²) in [5.41, 5.74) is 1.15. The molecule has 0 radical (unpaired) electrons. The summed E-state index contributed by atoms with van der Waals surface area (Å²) in [6.45, 7) is 4.95. The minimum absolute atomic E-state index is 0.0333. The second-order valence-electron chi connectivity index (χ2n) is 8.50. The van der Waals surface area contributed by atoms with Gasteiger partial charge in [-0.05, 0) is 77.9 Å². The maximum absolute atomic E-state index is 13.6. The lowest BCUT2D eigenvalue weighted by atomic mass is 10.00. The summed E-state index contributed by atoms with van der Waals surface area (Å²) >= 11 is 2.17. The molecular weight excluding hydrogens is 608 g/mol. The Hall–Kier alpha value is -3.34. The van der Waals surface area contributed by atoms with Crippen LogP contribution in [0.2, 0.25) is 0 Å². The molecule has 0 aliphatic carbocycles. The molecule has 1 amide bonds. The third kappa shape index (κ3) is 6.20. The molecule has 4 rings (SSSR count). The van der Waals surface area contributed by atoms with Crippen LogP contribution in [0.1, 0.15) is 43.4 Å². The van der Waals surface area contributed by atoms with E-state index in [0.717, 1.165) is 33.6 Å². The first-order valence-electron chi connectivity index (χ1n) is 12.2. The minimum atomic E-state index is -4.54. The maximum Gasteiger partial charge on any atom is 0.416 e. The number of carbonyl (C=O) groups excluding carboxylic acids is 1. The molecule has 198 valence electrons. The predicted octanol–water partition coefficient (Wildman–Crippen LogP) is 7.72. The summed E-state index contributed by atoms with van der Waals surface area (Å²) in [6.07, 6.45) is -0.958. The lowest BCUT2D eigenvalue weighted by Gasteiger charge is -2.15. The van der Waals surface area contributed by atoms with Crippen molar-refractivity contribution in [2.75, 3.05) is 18.2 Å². The van der Waals surface area contributed by atoms with Crippen molar-refractivity contribution in [3.63, 3.8) is 0 Å². The molecule has 0 saturated carbocycles. The minimum Gasteiger partial charge on any atom is -0.490 e. The Balaban J connectivity index is 1.79. The zero-order valence-electron chi connectivity index (χ0n) is 20.9. The number of hydrogen-bond acceptors (Lipinski definition) is 4. The Labute approximate surface area is 233 Å². The zero-order valence-corrected chi connectivity index (χ0v) is 23.0. The lowest BCUT2D eigenvalue weighted by molar-refractivity contribution is -0.137. The van der Waals surface area contributed by atoms with Crippen LogP contribution in [0.25, 0.3) is 6.08 Å². The van der Waals surface area contributed by atoms with Crippen LogP contribution in [0.3, 0.4) is 0 Å². The first-order chi connectivity index (χ1) is 18.2. The van der Waals surface area contributed by atoms with Crippen LogP contribution < -0.4 is 14.5 Å². The van der Waals surface area contributed by atoms with Gasteiger partial charge in [0.15, 0.2) is 11.5 Å². The average molecular weight is 634 g/mol. The summed E-state index contributed by atoms with van der Waals surface area (Å²) in [7, 11) is 0. The van der Waals surface area contributed by atoms with Crippen LogP contribution in [-0.4, -0.2) is 24.8 Å². The highest BCUT2D eigenvalue weighted by molar-refractivity contribution is 14.1. The second-order valence-corrected chi connectivity index (χ2v) is 9.66. The summed E-state index contributed by atoms with van der Waals surface area (Å²) in [6, 6.07) is 17.3. The summed E-state index contributed by atoms with van der Waals surface area (Å²) in [5.74, 6) is 0.670. The van der Waals surface area contributed by atoms with E-state index in [1.807, 2.05) is 31.2 Å². The van der Waals surface area contributed by atoms with Crippen molar-refractivity contribution in [3.05, 3.63) is 92.6 Å². The van der Waals surface area contributed by atoms with Crippen molar-refractivity contribution >= 4 is 46.0 Å². The molecule has 38 heavy (non-hydrogen) atoms. The molecular formula is C29H26F3IN2O3. The number of unbranched alkanes of at least 4 members (excludes halogenated alkanes) is 1. The SMILES string of the molecule is CCCCOc1c(I)cc(/C=C2\C(=O)N(c3cccc(C(F)(F)F)c3)N=C2c2ccccc2)cc1OCC. The van der Waals surface area contributed by atoms with E-state index in [4.69, 9.17) is 9.47 Å². The van der Waals surface area contributed by atoms with Crippen LogP contribution in [0.5, 0.6) is 11.5 Å². The molecule has 0 atom stereocenters. The highest BCUT2D eigenvalue weighted by Crippen LogP contribution is 2.37. The summed E-state index contributed by atoms with van der Waals surface area (Å²) in [4.78, 5) is 13.6. The zero-order chi connectivity index (χ0) is 27.3. The smallest absolute Gasteiger partial charge is 0.416 e. The van der Waals surface area contributed by atoms with Gasteiger partial charge in [0.05, 0.1) is 33.6 Å². The van der Waals surface area contributed by atoms with Gasteiger partial charge in [-0.2, -0.15) is 23.3 Å².